The number of ether oxygens (including phenoxy) is 2. The van der Waals surface area contributed by atoms with Crippen LogP contribution in [0.4, 0.5) is 13.2 Å². The van der Waals surface area contributed by atoms with Crippen molar-refractivity contribution in [2.24, 2.45) is 0 Å². The van der Waals surface area contributed by atoms with E-state index >= 15 is 0 Å². The van der Waals surface area contributed by atoms with E-state index in [1.54, 1.807) is 6.08 Å². The van der Waals surface area contributed by atoms with Crippen molar-refractivity contribution in [1.82, 2.24) is 0 Å². The van der Waals surface area contributed by atoms with Crippen LogP contribution in [0, 0.1) is 0 Å². The van der Waals surface area contributed by atoms with Crippen molar-refractivity contribution in [1.29, 1.82) is 0 Å². The van der Waals surface area contributed by atoms with Gasteiger partial charge in [0.2, 0.25) is 0 Å². The number of rotatable bonds is 6. The first-order valence-electron chi connectivity index (χ1n) is 12.6. The van der Waals surface area contributed by atoms with Crippen molar-refractivity contribution in [3.05, 3.63) is 120 Å². The summed E-state index contributed by atoms with van der Waals surface area (Å²) in [4.78, 5) is 13.9. The Labute approximate surface area is 226 Å². The number of carbonyl (C=O) groups is 1. The highest BCUT2D eigenvalue weighted by atomic mass is 32.2. The van der Waals surface area contributed by atoms with Crippen molar-refractivity contribution >= 4 is 36.6 Å². The van der Waals surface area contributed by atoms with Crippen LogP contribution in [0.25, 0.3) is 25.1 Å². The minimum absolute atomic E-state index is 0.224. The second kappa shape index (κ2) is 9.89. The maximum absolute atomic E-state index is 13.0. The van der Waals surface area contributed by atoms with E-state index in [1.165, 1.54) is 32.3 Å². The maximum Gasteiger partial charge on any atom is 0.416 e. The molecule has 3 nitrogen and oxygen atoms in total. The van der Waals surface area contributed by atoms with Gasteiger partial charge in [-0.2, -0.15) is 13.2 Å². The van der Waals surface area contributed by atoms with Crippen LogP contribution >= 0.6 is 10.5 Å². The number of carbonyl (C=O) groups excluding carboxylic acids is 1. The SMILES string of the molecule is O=C(COc1ccc(-[s+]2c3ccccc3c3ccccc32)cc1)OC1(c2ccc(C(F)(F)F)cc2)C=CCC1. The molecule has 0 spiro atoms. The summed E-state index contributed by atoms with van der Waals surface area (Å²) < 4.78 is 53.1. The molecule has 4 aromatic carbocycles. The van der Waals surface area contributed by atoms with Crippen LogP contribution in [0.1, 0.15) is 24.0 Å². The Balaban J connectivity index is 1.17. The molecule has 1 aromatic heterocycles. The summed E-state index contributed by atoms with van der Waals surface area (Å²) in [5, 5.41) is 2.50. The van der Waals surface area contributed by atoms with Crippen LogP contribution in [0.15, 0.2) is 109 Å². The number of allylic oxidation sites excluding steroid dienone is 1. The number of alkyl halides is 3. The molecule has 0 amide bonds. The Morgan fingerprint density at radius 3 is 2.00 bits per heavy atom. The topological polar surface area (TPSA) is 35.5 Å². The van der Waals surface area contributed by atoms with Gasteiger partial charge in [0.1, 0.15) is 5.75 Å². The predicted molar refractivity (Wildman–Crippen MR) is 148 cm³/mol. The average Bonchev–Trinajstić information content (AvgIpc) is 3.55. The molecule has 0 bridgehead atoms. The third kappa shape index (κ3) is 4.79. The lowest BCUT2D eigenvalue weighted by atomic mass is 9.92. The molecule has 5 aromatic rings. The molecule has 1 aliphatic rings. The van der Waals surface area contributed by atoms with Gasteiger partial charge in [0.25, 0.3) is 0 Å². The molecule has 0 saturated heterocycles. The normalized spacial score (nSPS) is 17.1. The fourth-order valence-electron chi connectivity index (χ4n) is 5.13. The quantitative estimate of drug-likeness (QED) is 0.121. The first-order valence-corrected chi connectivity index (χ1v) is 13.8. The van der Waals surface area contributed by atoms with Crippen molar-refractivity contribution in [2.75, 3.05) is 6.61 Å². The fraction of sp³-hybridized carbons (Fsp3) is 0.156. The van der Waals surface area contributed by atoms with E-state index in [9.17, 15) is 18.0 Å². The number of hydrogen-bond acceptors (Lipinski definition) is 3. The van der Waals surface area contributed by atoms with Crippen LogP contribution in [0.3, 0.4) is 0 Å². The van der Waals surface area contributed by atoms with E-state index < -0.39 is 23.3 Å². The van der Waals surface area contributed by atoms with Crippen LogP contribution in [0.5, 0.6) is 5.75 Å². The molecule has 1 heterocycles. The Hall–Kier alpha value is -4.10. The lowest BCUT2D eigenvalue weighted by molar-refractivity contribution is -0.158. The highest BCUT2D eigenvalue weighted by Gasteiger charge is 2.37. The fourth-order valence-corrected chi connectivity index (χ4v) is 7.51. The average molecular weight is 546 g/mol. The molecule has 0 radical (unpaired) electrons. The van der Waals surface area contributed by atoms with Gasteiger partial charge >= 0.3 is 12.1 Å². The Morgan fingerprint density at radius 2 is 1.44 bits per heavy atom. The lowest BCUT2D eigenvalue weighted by Crippen LogP contribution is -2.31. The molecule has 0 saturated carbocycles. The van der Waals surface area contributed by atoms with Crippen molar-refractivity contribution in [2.45, 2.75) is 24.6 Å². The molecule has 196 valence electrons. The summed E-state index contributed by atoms with van der Waals surface area (Å²) in [6.07, 6.45) is 0.294. The van der Waals surface area contributed by atoms with E-state index in [0.29, 0.717) is 24.2 Å². The molecule has 1 unspecified atom stereocenters. The van der Waals surface area contributed by atoms with Crippen molar-refractivity contribution < 1.29 is 27.4 Å². The molecule has 39 heavy (non-hydrogen) atoms. The summed E-state index contributed by atoms with van der Waals surface area (Å²) in [5.41, 5.74) is -1.34. The monoisotopic (exact) mass is 545 g/mol. The maximum atomic E-state index is 13.0. The molecular formula is C32H24F3O3S+. The molecular weight excluding hydrogens is 521 g/mol. The van der Waals surface area contributed by atoms with Gasteiger partial charge in [-0.1, -0.05) is 42.5 Å². The summed E-state index contributed by atoms with van der Waals surface area (Å²) in [7, 11) is -0.224. The highest BCUT2D eigenvalue weighted by Crippen LogP contribution is 2.48. The van der Waals surface area contributed by atoms with Gasteiger partial charge in [-0.15, -0.1) is 0 Å². The summed E-state index contributed by atoms with van der Waals surface area (Å²) in [6.45, 7) is -0.313. The molecule has 1 aliphatic carbocycles. The first kappa shape index (κ1) is 25.2. The third-order valence-corrected chi connectivity index (χ3v) is 9.32. The lowest BCUT2D eigenvalue weighted by Gasteiger charge is -2.28. The third-order valence-electron chi connectivity index (χ3n) is 6.99. The molecule has 0 N–H and O–H groups in total. The van der Waals surface area contributed by atoms with E-state index in [4.69, 9.17) is 9.47 Å². The first-order chi connectivity index (χ1) is 18.8. The van der Waals surface area contributed by atoms with Gasteiger partial charge in [-0.3, -0.25) is 0 Å². The van der Waals surface area contributed by atoms with Crippen molar-refractivity contribution in [3.8, 4) is 10.6 Å². The largest absolute Gasteiger partial charge is 0.482 e. The highest BCUT2D eigenvalue weighted by molar-refractivity contribution is 7.50. The zero-order chi connectivity index (χ0) is 27.0. The summed E-state index contributed by atoms with van der Waals surface area (Å²) >= 11 is 0. The summed E-state index contributed by atoms with van der Waals surface area (Å²) in [6, 6.07) is 29.4. The van der Waals surface area contributed by atoms with Crippen LogP contribution in [-0.2, 0) is 21.3 Å². The number of benzene rings is 4. The van der Waals surface area contributed by atoms with E-state index in [2.05, 4.69) is 48.5 Å². The molecule has 0 aliphatic heterocycles. The number of esters is 1. The van der Waals surface area contributed by atoms with Gasteiger partial charge < -0.3 is 9.47 Å². The minimum Gasteiger partial charge on any atom is -0.482 e. The number of halogens is 3. The van der Waals surface area contributed by atoms with E-state index in [-0.39, 0.29) is 17.1 Å². The number of fused-ring (bicyclic) bond motifs is 3. The van der Waals surface area contributed by atoms with Gasteiger partial charge in [0.15, 0.2) is 26.5 Å². The summed E-state index contributed by atoms with van der Waals surface area (Å²) in [5.74, 6) is -0.0586. The Morgan fingerprint density at radius 1 is 0.821 bits per heavy atom. The number of hydrogen-bond donors (Lipinski definition) is 0. The Kier molecular flexibility index (Phi) is 6.39. The molecule has 1 atom stereocenters. The van der Waals surface area contributed by atoms with E-state index in [0.717, 1.165) is 17.0 Å². The molecule has 7 heteroatoms. The van der Waals surface area contributed by atoms with Gasteiger partial charge in [-0.05, 0) is 73.0 Å². The van der Waals surface area contributed by atoms with Gasteiger partial charge in [0, 0.05) is 33.4 Å². The molecule has 6 rings (SSSR count). The van der Waals surface area contributed by atoms with Crippen molar-refractivity contribution in [3.63, 3.8) is 0 Å². The zero-order valence-electron chi connectivity index (χ0n) is 20.8. The van der Waals surface area contributed by atoms with Crippen LogP contribution in [-0.4, -0.2) is 12.6 Å². The smallest absolute Gasteiger partial charge is 0.416 e. The second-order valence-electron chi connectivity index (χ2n) is 9.44. The molecule has 0 fully saturated rings. The Bertz CT molecular complexity index is 1630. The van der Waals surface area contributed by atoms with E-state index in [1.807, 2.05) is 30.3 Å². The van der Waals surface area contributed by atoms with Gasteiger partial charge in [-0.25, -0.2) is 4.79 Å². The van der Waals surface area contributed by atoms with Crippen LogP contribution in [0.2, 0.25) is 0 Å². The zero-order valence-corrected chi connectivity index (χ0v) is 21.6. The number of thiophene rings is 1. The standard InChI is InChI=1S/C32H24F3O3S/c33-32(34,35)23-13-11-22(12-14-23)31(19-5-6-20-31)38-30(36)21-37-24-15-17-25(18-16-24)39-28-9-3-1-7-26(28)27-8-2-4-10-29(27)39/h1-5,7-19H,6,20-21H2/q+1. The minimum atomic E-state index is -4.43. The predicted octanol–water partition coefficient (Wildman–Crippen LogP) is 8.92. The second-order valence-corrected chi connectivity index (χ2v) is 11.4. The van der Waals surface area contributed by atoms with Gasteiger partial charge in [0.05, 0.1) is 5.56 Å². The van der Waals surface area contributed by atoms with Crippen LogP contribution < -0.4 is 4.74 Å².